The molecule has 0 aliphatic heterocycles. The summed E-state index contributed by atoms with van der Waals surface area (Å²) >= 11 is 0. The third-order valence-corrected chi connectivity index (χ3v) is 2.91. The average Bonchev–Trinajstić information content (AvgIpc) is 2.40. The maximum atomic E-state index is 13.4. The highest BCUT2D eigenvalue weighted by molar-refractivity contribution is 5.41. The summed E-state index contributed by atoms with van der Waals surface area (Å²) in [5.74, 6) is -0.360. The number of nitrogen functional groups attached to an aromatic ring is 1. The SMILES string of the molecule is COCCCN(CCOC)Cc1ccc(N)c(F)c1. The predicted octanol–water partition coefficient (Wildman–Crippen LogP) is 1.89. The number of hydrogen-bond donors (Lipinski definition) is 1. The predicted molar refractivity (Wildman–Crippen MR) is 74.5 cm³/mol. The van der Waals surface area contributed by atoms with Gasteiger partial charge in [0, 0.05) is 40.5 Å². The number of halogens is 1. The Morgan fingerprint density at radius 2 is 1.89 bits per heavy atom. The first kappa shape index (κ1) is 15.9. The van der Waals surface area contributed by atoms with Crippen LogP contribution in [0, 0.1) is 5.82 Å². The lowest BCUT2D eigenvalue weighted by Gasteiger charge is -2.22. The van der Waals surface area contributed by atoms with Crippen molar-refractivity contribution >= 4 is 5.69 Å². The van der Waals surface area contributed by atoms with Crippen molar-refractivity contribution in [2.45, 2.75) is 13.0 Å². The van der Waals surface area contributed by atoms with Gasteiger partial charge in [-0.25, -0.2) is 4.39 Å². The Kier molecular flexibility index (Phi) is 7.40. The number of nitrogens with zero attached hydrogens (tertiary/aromatic N) is 1. The zero-order valence-electron chi connectivity index (χ0n) is 11.7. The fourth-order valence-electron chi connectivity index (χ4n) is 1.85. The highest BCUT2D eigenvalue weighted by Crippen LogP contribution is 2.13. The molecule has 0 fully saturated rings. The first-order valence-corrected chi connectivity index (χ1v) is 6.41. The molecule has 1 aromatic rings. The molecular weight excluding hydrogens is 247 g/mol. The van der Waals surface area contributed by atoms with Crippen LogP contribution in [-0.2, 0) is 16.0 Å². The molecular formula is C14H23FN2O2. The third-order valence-electron chi connectivity index (χ3n) is 2.91. The Balaban J connectivity index is 2.56. The molecule has 19 heavy (non-hydrogen) atoms. The zero-order valence-corrected chi connectivity index (χ0v) is 11.7. The average molecular weight is 270 g/mol. The molecule has 0 amide bonds. The molecule has 108 valence electrons. The summed E-state index contributed by atoms with van der Waals surface area (Å²) < 4.78 is 23.5. The topological polar surface area (TPSA) is 47.7 Å². The second-order valence-corrected chi connectivity index (χ2v) is 4.47. The summed E-state index contributed by atoms with van der Waals surface area (Å²) in [5.41, 5.74) is 6.58. The van der Waals surface area contributed by atoms with Gasteiger partial charge in [0.25, 0.3) is 0 Å². The summed E-state index contributed by atoms with van der Waals surface area (Å²) in [7, 11) is 3.37. The molecule has 0 heterocycles. The van der Waals surface area contributed by atoms with Gasteiger partial charge >= 0.3 is 0 Å². The van der Waals surface area contributed by atoms with E-state index in [0.29, 0.717) is 13.2 Å². The van der Waals surface area contributed by atoms with Crippen LogP contribution in [0.4, 0.5) is 10.1 Å². The quantitative estimate of drug-likeness (QED) is 0.550. The Morgan fingerprint density at radius 1 is 1.16 bits per heavy atom. The van der Waals surface area contributed by atoms with Crippen molar-refractivity contribution in [3.63, 3.8) is 0 Å². The molecule has 0 atom stereocenters. The molecule has 5 heteroatoms. The first-order chi connectivity index (χ1) is 9.17. The molecule has 0 aliphatic rings. The maximum Gasteiger partial charge on any atom is 0.146 e. The molecule has 0 aromatic heterocycles. The molecule has 0 aliphatic carbocycles. The van der Waals surface area contributed by atoms with Crippen LogP contribution in [0.1, 0.15) is 12.0 Å². The van der Waals surface area contributed by atoms with Gasteiger partial charge in [-0.3, -0.25) is 4.90 Å². The summed E-state index contributed by atoms with van der Waals surface area (Å²) in [6.45, 7) is 3.77. The number of anilines is 1. The molecule has 0 radical (unpaired) electrons. The third kappa shape index (κ3) is 6.00. The number of nitrogens with two attached hydrogens (primary N) is 1. The fourth-order valence-corrected chi connectivity index (χ4v) is 1.85. The van der Waals surface area contributed by atoms with E-state index in [2.05, 4.69) is 4.90 Å². The van der Waals surface area contributed by atoms with Gasteiger partial charge in [-0.05, 0) is 24.1 Å². The van der Waals surface area contributed by atoms with Gasteiger partial charge in [-0.2, -0.15) is 0 Å². The molecule has 0 saturated heterocycles. The van der Waals surface area contributed by atoms with Crippen LogP contribution >= 0.6 is 0 Å². The maximum absolute atomic E-state index is 13.4. The van der Waals surface area contributed by atoms with Gasteiger partial charge < -0.3 is 15.2 Å². The standard InChI is InChI=1S/C14H23FN2O2/c1-18-8-3-6-17(7-9-19-2)11-12-4-5-14(16)13(15)10-12/h4-5,10H,3,6-9,11,16H2,1-2H3. The van der Waals surface area contributed by atoms with Crippen molar-refractivity contribution in [2.75, 3.05) is 46.3 Å². The second-order valence-electron chi connectivity index (χ2n) is 4.47. The highest BCUT2D eigenvalue weighted by Gasteiger charge is 2.07. The van der Waals surface area contributed by atoms with Gasteiger partial charge in [-0.15, -0.1) is 0 Å². The summed E-state index contributed by atoms with van der Waals surface area (Å²) in [5, 5.41) is 0. The molecule has 0 unspecified atom stereocenters. The molecule has 4 nitrogen and oxygen atoms in total. The van der Waals surface area contributed by atoms with E-state index < -0.39 is 0 Å². The smallest absolute Gasteiger partial charge is 0.146 e. The van der Waals surface area contributed by atoms with Crippen LogP contribution in [-0.4, -0.2) is 45.4 Å². The Morgan fingerprint density at radius 3 is 2.53 bits per heavy atom. The zero-order chi connectivity index (χ0) is 14.1. The van der Waals surface area contributed by atoms with Crippen LogP contribution in [0.5, 0.6) is 0 Å². The summed E-state index contributed by atoms with van der Waals surface area (Å²) in [6, 6.07) is 4.95. The largest absolute Gasteiger partial charge is 0.396 e. The minimum absolute atomic E-state index is 0.187. The summed E-state index contributed by atoms with van der Waals surface area (Å²) in [4.78, 5) is 2.22. The van der Waals surface area contributed by atoms with Gasteiger partial charge in [-0.1, -0.05) is 6.07 Å². The van der Waals surface area contributed by atoms with Gasteiger partial charge in [0.15, 0.2) is 0 Å². The van der Waals surface area contributed by atoms with Gasteiger partial charge in [0.1, 0.15) is 5.82 Å². The molecule has 0 saturated carbocycles. The Hall–Kier alpha value is -1.17. The molecule has 1 rings (SSSR count). The minimum atomic E-state index is -0.360. The van der Waals surface area contributed by atoms with Crippen LogP contribution in [0.3, 0.4) is 0 Å². The van der Waals surface area contributed by atoms with Crippen LogP contribution in [0.15, 0.2) is 18.2 Å². The van der Waals surface area contributed by atoms with Crippen LogP contribution in [0.25, 0.3) is 0 Å². The van der Waals surface area contributed by atoms with Crippen molar-refractivity contribution in [3.8, 4) is 0 Å². The van der Waals surface area contributed by atoms with E-state index in [0.717, 1.165) is 31.7 Å². The number of ether oxygens (including phenoxy) is 2. The van der Waals surface area contributed by atoms with E-state index in [1.807, 2.05) is 6.07 Å². The van der Waals surface area contributed by atoms with Crippen molar-refractivity contribution in [2.24, 2.45) is 0 Å². The highest BCUT2D eigenvalue weighted by atomic mass is 19.1. The minimum Gasteiger partial charge on any atom is -0.396 e. The van der Waals surface area contributed by atoms with Gasteiger partial charge in [0.2, 0.25) is 0 Å². The number of methoxy groups -OCH3 is 2. The van der Waals surface area contributed by atoms with E-state index in [1.54, 1.807) is 20.3 Å². The van der Waals surface area contributed by atoms with Crippen LogP contribution in [0.2, 0.25) is 0 Å². The Labute approximate surface area is 114 Å². The van der Waals surface area contributed by atoms with Crippen molar-refractivity contribution in [3.05, 3.63) is 29.6 Å². The Bertz CT molecular complexity index is 374. The number of benzene rings is 1. The molecule has 0 spiro atoms. The van der Waals surface area contributed by atoms with E-state index in [1.165, 1.54) is 6.07 Å². The second kappa shape index (κ2) is 8.85. The lowest BCUT2D eigenvalue weighted by atomic mass is 10.2. The molecule has 1 aromatic carbocycles. The van der Waals surface area contributed by atoms with E-state index in [-0.39, 0.29) is 11.5 Å². The van der Waals surface area contributed by atoms with E-state index in [4.69, 9.17) is 15.2 Å². The van der Waals surface area contributed by atoms with Crippen molar-refractivity contribution < 1.29 is 13.9 Å². The van der Waals surface area contributed by atoms with Crippen molar-refractivity contribution in [1.29, 1.82) is 0 Å². The van der Waals surface area contributed by atoms with Gasteiger partial charge in [0.05, 0.1) is 12.3 Å². The lowest BCUT2D eigenvalue weighted by Crippen LogP contribution is -2.28. The molecule has 0 bridgehead atoms. The van der Waals surface area contributed by atoms with E-state index in [9.17, 15) is 4.39 Å². The number of rotatable bonds is 9. The van der Waals surface area contributed by atoms with E-state index >= 15 is 0 Å². The number of hydrogen-bond acceptors (Lipinski definition) is 4. The normalized spacial score (nSPS) is 11.2. The summed E-state index contributed by atoms with van der Waals surface area (Å²) in [6.07, 6.45) is 0.942. The lowest BCUT2D eigenvalue weighted by molar-refractivity contribution is 0.129. The van der Waals surface area contributed by atoms with Crippen molar-refractivity contribution in [1.82, 2.24) is 4.90 Å². The monoisotopic (exact) mass is 270 g/mol. The fraction of sp³-hybridized carbons (Fsp3) is 0.571. The van der Waals surface area contributed by atoms with Crippen LogP contribution < -0.4 is 5.73 Å². The molecule has 2 N–H and O–H groups in total. The first-order valence-electron chi connectivity index (χ1n) is 6.41.